The molecule has 2 aromatic heterocycles. The van der Waals surface area contributed by atoms with E-state index in [1.165, 1.54) is 6.33 Å². The third kappa shape index (κ3) is 2.15. The van der Waals surface area contributed by atoms with Crippen molar-refractivity contribution >= 4 is 16.6 Å². The fourth-order valence-electron chi connectivity index (χ4n) is 1.86. The van der Waals surface area contributed by atoms with Crippen molar-refractivity contribution in [3.63, 3.8) is 0 Å². The maximum Gasteiger partial charge on any atom is 0.228 e. The van der Waals surface area contributed by atoms with Crippen LogP contribution in [0.15, 0.2) is 47.4 Å². The number of rotatable bonds is 4. The molecule has 0 amide bonds. The maximum atomic E-state index is 4.95. The van der Waals surface area contributed by atoms with Crippen molar-refractivity contribution in [3.05, 3.63) is 48.7 Å². The Morgan fingerprint density at radius 1 is 1.11 bits per heavy atom. The summed E-state index contributed by atoms with van der Waals surface area (Å²) < 4.78 is 4.95. The average molecular weight is 240 g/mol. The van der Waals surface area contributed by atoms with E-state index in [-0.39, 0.29) is 0 Å². The fourth-order valence-corrected chi connectivity index (χ4v) is 1.86. The molecule has 0 saturated heterocycles. The van der Waals surface area contributed by atoms with Crippen molar-refractivity contribution in [1.82, 2.24) is 15.1 Å². The molecule has 0 bridgehead atoms. The van der Waals surface area contributed by atoms with Crippen LogP contribution in [0.4, 0.5) is 5.69 Å². The van der Waals surface area contributed by atoms with Crippen LogP contribution < -0.4 is 5.32 Å². The molecule has 0 saturated carbocycles. The van der Waals surface area contributed by atoms with Gasteiger partial charge in [0.15, 0.2) is 6.33 Å². The predicted octanol–water partition coefficient (Wildman–Crippen LogP) is 2.27. The Kier molecular flexibility index (Phi) is 2.87. The first kappa shape index (κ1) is 10.7. The van der Waals surface area contributed by atoms with Gasteiger partial charge in [-0.05, 0) is 12.1 Å². The van der Waals surface area contributed by atoms with Crippen LogP contribution in [0, 0.1) is 0 Å². The zero-order chi connectivity index (χ0) is 12.2. The minimum absolute atomic E-state index is 0.640. The minimum atomic E-state index is 0.640. The number of aromatic nitrogens is 3. The molecular weight excluding hydrogens is 228 g/mol. The van der Waals surface area contributed by atoms with Crippen LogP contribution in [-0.4, -0.2) is 21.7 Å². The van der Waals surface area contributed by atoms with Gasteiger partial charge in [-0.3, -0.25) is 4.98 Å². The second-order valence-corrected chi connectivity index (χ2v) is 3.89. The lowest BCUT2D eigenvalue weighted by atomic mass is 10.2. The van der Waals surface area contributed by atoms with Crippen molar-refractivity contribution in [2.24, 2.45) is 0 Å². The number of anilines is 1. The van der Waals surface area contributed by atoms with Crippen LogP contribution >= 0.6 is 0 Å². The van der Waals surface area contributed by atoms with Crippen molar-refractivity contribution in [1.29, 1.82) is 0 Å². The summed E-state index contributed by atoms with van der Waals surface area (Å²) in [6.45, 7) is 0.746. The molecule has 0 radical (unpaired) electrons. The van der Waals surface area contributed by atoms with Crippen molar-refractivity contribution < 1.29 is 4.52 Å². The molecular formula is C13H12N4O. The summed E-state index contributed by atoms with van der Waals surface area (Å²) in [5.74, 6) is 0.640. The van der Waals surface area contributed by atoms with E-state index in [2.05, 4.69) is 26.5 Å². The van der Waals surface area contributed by atoms with Gasteiger partial charge in [-0.15, -0.1) is 0 Å². The highest BCUT2D eigenvalue weighted by Gasteiger charge is 2.02. The molecule has 18 heavy (non-hydrogen) atoms. The topological polar surface area (TPSA) is 63.8 Å². The number of hydrogen-bond donors (Lipinski definition) is 1. The number of nitrogens with one attached hydrogen (secondary N) is 1. The Labute approximate surface area is 104 Å². The minimum Gasteiger partial charge on any atom is -0.384 e. The standard InChI is InChI=1S/C13H12N4O/c1-2-4-11-10(3-1)12(5-7-14-11)15-8-6-13-16-9-17-18-13/h1-5,7,9H,6,8H2,(H,14,15). The van der Waals surface area contributed by atoms with Gasteiger partial charge in [0.1, 0.15) is 0 Å². The molecule has 5 nitrogen and oxygen atoms in total. The van der Waals surface area contributed by atoms with Crippen LogP contribution in [0.1, 0.15) is 5.89 Å². The molecule has 3 rings (SSSR count). The van der Waals surface area contributed by atoms with E-state index in [9.17, 15) is 0 Å². The summed E-state index contributed by atoms with van der Waals surface area (Å²) in [4.78, 5) is 8.30. The lowest BCUT2D eigenvalue weighted by Gasteiger charge is -2.07. The van der Waals surface area contributed by atoms with Gasteiger partial charge < -0.3 is 9.84 Å². The highest BCUT2D eigenvalue weighted by molar-refractivity contribution is 5.90. The highest BCUT2D eigenvalue weighted by atomic mass is 16.5. The Morgan fingerprint density at radius 3 is 2.94 bits per heavy atom. The number of fused-ring (bicyclic) bond motifs is 1. The summed E-state index contributed by atoms with van der Waals surface area (Å²) in [7, 11) is 0. The van der Waals surface area contributed by atoms with Gasteiger partial charge in [0.05, 0.1) is 5.52 Å². The Balaban J connectivity index is 1.74. The predicted molar refractivity (Wildman–Crippen MR) is 68.2 cm³/mol. The van der Waals surface area contributed by atoms with Crippen molar-refractivity contribution in [2.75, 3.05) is 11.9 Å². The molecule has 0 spiro atoms. The molecule has 0 fully saturated rings. The largest absolute Gasteiger partial charge is 0.384 e. The Hall–Kier alpha value is -2.43. The lowest BCUT2D eigenvalue weighted by Crippen LogP contribution is -2.05. The fraction of sp³-hybridized carbons (Fsp3) is 0.154. The first-order valence-electron chi connectivity index (χ1n) is 5.76. The monoisotopic (exact) mass is 240 g/mol. The molecule has 0 aliphatic heterocycles. The highest BCUT2D eigenvalue weighted by Crippen LogP contribution is 2.20. The number of pyridine rings is 1. The molecule has 0 aliphatic carbocycles. The zero-order valence-electron chi connectivity index (χ0n) is 9.71. The molecule has 5 heteroatoms. The van der Waals surface area contributed by atoms with E-state index in [4.69, 9.17) is 4.52 Å². The SMILES string of the molecule is c1ccc2c(NCCc3ncno3)ccnc2c1. The molecule has 90 valence electrons. The summed E-state index contributed by atoms with van der Waals surface area (Å²) in [6, 6.07) is 10.0. The normalized spacial score (nSPS) is 10.7. The number of nitrogens with zero attached hydrogens (tertiary/aromatic N) is 3. The van der Waals surface area contributed by atoms with Gasteiger partial charge in [0.2, 0.25) is 5.89 Å². The average Bonchev–Trinajstić information content (AvgIpc) is 2.92. The molecule has 1 N–H and O–H groups in total. The Morgan fingerprint density at radius 2 is 2.06 bits per heavy atom. The van der Waals surface area contributed by atoms with E-state index in [0.717, 1.165) is 23.1 Å². The summed E-state index contributed by atoms with van der Waals surface area (Å²) in [5.41, 5.74) is 2.06. The van der Waals surface area contributed by atoms with E-state index in [1.54, 1.807) is 6.20 Å². The summed E-state index contributed by atoms with van der Waals surface area (Å²) in [6.07, 6.45) is 3.92. The van der Waals surface area contributed by atoms with Crippen LogP contribution in [-0.2, 0) is 6.42 Å². The van der Waals surface area contributed by atoms with Crippen LogP contribution in [0.2, 0.25) is 0 Å². The zero-order valence-corrected chi connectivity index (χ0v) is 9.71. The second-order valence-electron chi connectivity index (χ2n) is 3.89. The van der Waals surface area contributed by atoms with Gasteiger partial charge in [-0.2, -0.15) is 4.98 Å². The number of para-hydroxylation sites is 1. The van der Waals surface area contributed by atoms with Crippen LogP contribution in [0.5, 0.6) is 0 Å². The first-order chi connectivity index (χ1) is 8.93. The van der Waals surface area contributed by atoms with Gasteiger partial charge in [-0.25, -0.2) is 0 Å². The van der Waals surface area contributed by atoms with E-state index >= 15 is 0 Å². The molecule has 3 aromatic rings. The molecule has 0 atom stereocenters. The van der Waals surface area contributed by atoms with Gasteiger partial charge in [0.25, 0.3) is 0 Å². The summed E-state index contributed by atoms with van der Waals surface area (Å²) >= 11 is 0. The quantitative estimate of drug-likeness (QED) is 0.757. The smallest absolute Gasteiger partial charge is 0.228 e. The van der Waals surface area contributed by atoms with Gasteiger partial charge >= 0.3 is 0 Å². The molecule has 0 unspecified atom stereocenters. The first-order valence-corrected chi connectivity index (χ1v) is 5.76. The molecule has 2 heterocycles. The van der Waals surface area contributed by atoms with Gasteiger partial charge in [-0.1, -0.05) is 23.4 Å². The third-order valence-corrected chi connectivity index (χ3v) is 2.71. The second kappa shape index (κ2) is 4.83. The molecule has 1 aromatic carbocycles. The number of benzene rings is 1. The van der Waals surface area contributed by atoms with Gasteiger partial charge in [0, 0.05) is 30.2 Å². The van der Waals surface area contributed by atoms with Crippen LogP contribution in [0.25, 0.3) is 10.9 Å². The van der Waals surface area contributed by atoms with Crippen LogP contribution in [0.3, 0.4) is 0 Å². The maximum absolute atomic E-state index is 4.95. The van der Waals surface area contributed by atoms with Crippen molar-refractivity contribution in [2.45, 2.75) is 6.42 Å². The summed E-state index contributed by atoms with van der Waals surface area (Å²) in [5, 5.41) is 8.05. The van der Waals surface area contributed by atoms with E-state index < -0.39 is 0 Å². The molecule has 0 aliphatic rings. The number of hydrogen-bond acceptors (Lipinski definition) is 5. The Bertz CT molecular complexity index is 631. The van der Waals surface area contributed by atoms with Crippen molar-refractivity contribution in [3.8, 4) is 0 Å². The third-order valence-electron chi connectivity index (χ3n) is 2.71. The lowest BCUT2D eigenvalue weighted by molar-refractivity contribution is 0.380. The van der Waals surface area contributed by atoms with E-state index in [1.807, 2.05) is 24.3 Å². The van der Waals surface area contributed by atoms with E-state index in [0.29, 0.717) is 12.3 Å².